The van der Waals surface area contributed by atoms with E-state index in [4.69, 9.17) is 16.1 Å². The van der Waals surface area contributed by atoms with Crippen molar-refractivity contribution in [1.29, 1.82) is 5.26 Å². The second-order valence-electron chi connectivity index (χ2n) is 2.90. The van der Waals surface area contributed by atoms with Gasteiger partial charge >= 0.3 is 5.97 Å². The maximum Gasteiger partial charge on any atom is 0.336 e. The van der Waals surface area contributed by atoms with E-state index >= 15 is 0 Å². The Bertz CT molecular complexity index is 531. The van der Waals surface area contributed by atoms with Crippen molar-refractivity contribution in [2.24, 2.45) is 10.7 Å². The molecule has 1 aromatic carbocycles. The van der Waals surface area contributed by atoms with Crippen LogP contribution < -0.4 is 11.1 Å². The molecule has 4 N–H and O–H groups in total. The Labute approximate surface area is 96.2 Å². The zero-order chi connectivity index (χ0) is 12.8. The highest BCUT2D eigenvalue weighted by atomic mass is 16.4. The van der Waals surface area contributed by atoms with Crippen LogP contribution in [0.5, 0.6) is 0 Å². The van der Waals surface area contributed by atoms with Crippen LogP contribution in [0.25, 0.3) is 0 Å². The topological polar surface area (TPSA) is 129 Å². The van der Waals surface area contributed by atoms with Crippen LogP contribution >= 0.6 is 0 Å². The molecule has 0 saturated carbocycles. The van der Waals surface area contributed by atoms with E-state index < -0.39 is 17.8 Å². The first-order valence-electron chi connectivity index (χ1n) is 4.42. The third-order valence-electron chi connectivity index (χ3n) is 1.81. The van der Waals surface area contributed by atoms with Crippen molar-refractivity contribution in [1.82, 2.24) is 5.32 Å². The first-order valence-corrected chi connectivity index (χ1v) is 4.42. The monoisotopic (exact) mass is 232 g/mol. The van der Waals surface area contributed by atoms with E-state index in [0.717, 1.165) is 0 Å². The molecule has 0 fully saturated rings. The average molecular weight is 232 g/mol. The Morgan fingerprint density at radius 2 is 1.94 bits per heavy atom. The van der Waals surface area contributed by atoms with E-state index in [1.807, 2.05) is 0 Å². The van der Waals surface area contributed by atoms with Crippen molar-refractivity contribution in [2.45, 2.75) is 0 Å². The lowest BCUT2D eigenvalue weighted by atomic mass is 10.1. The quantitative estimate of drug-likeness (QED) is 0.373. The molecule has 0 atom stereocenters. The highest BCUT2D eigenvalue weighted by Gasteiger charge is 2.15. The molecular weight excluding hydrogens is 224 g/mol. The second kappa shape index (κ2) is 5.27. The molecule has 0 aliphatic carbocycles. The van der Waals surface area contributed by atoms with Crippen LogP contribution in [0.15, 0.2) is 29.3 Å². The summed E-state index contributed by atoms with van der Waals surface area (Å²) in [7, 11) is 0. The minimum absolute atomic E-state index is 0.0592. The zero-order valence-corrected chi connectivity index (χ0v) is 8.54. The summed E-state index contributed by atoms with van der Waals surface area (Å²) in [6.45, 7) is 0. The molecule has 0 bridgehead atoms. The number of hydrogen-bond acceptors (Lipinski definition) is 4. The minimum atomic E-state index is -1.23. The number of guanidine groups is 1. The molecule has 1 rings (SSSR count). The molecule has 0 saturated heterocycles. The molecule has 0 aromatic heterocycles. The van der Waals surface area contributed by atoms with Gasteiger partial charge in [0.1, 0.15) is 0 Å². The lowest BCUT2D eigenvalue weighted by Gasteiger charge is -2.05. The fraction of sp³-hybridized carbons (Fsp3) is 0. The van der Waals surface area contributed by atoms with Crippen molar-refractivity contribution >= 4 is 17.8 Å². The average Bonchev–Trinajstić information content (AvgIpc) is 2.29. The summed E-state index contributed by atoms with van der Waals surface area (Å²) in [5, 5.41) is 19.2. The zero-order valence-electron chi connectivity index (χ0n) is 8.54. The van der Waals surface area contributed by atoms with Crippen molar-refractivity contribution in [2.75, 3.05) is 0 Å². The molecule has 0 aliphatic rings. The maximum atomic E-state index is 11.6. The number of amides is 1. The summed E-state index contributed by atoms with van der Waals surface area (Å²) < 4.78 is 0. The third kappa shape index (κ3) is 3.04. The molecule has 0 spiro atoms. The molecule has 1 amide bonds. The molecule has 0 radical (unpaired) electrons. The van der Waals surface area contributed by atoms with Crippen LogP contribution in [-0.2, 0) is 0 Å². The molecule has 7 nitrogen and oxygen atoms in total. The summed E-state index contributed by atoms with van der Waals surface area (Å²) in [5.74, 6) is -2.36. The van der Waals surface area contributed by atoms with E-state index in [0.29, 0.717) is 0 Å². The third-order valence-corrected chi connectivity index (χ3v) is 1.81. The smallest absolute Gasteiger partial charge is 0.336 e. The summed E-state index contributed by atoms with van der Waals surface area (Å²) in [5.41, 5.74) is 4.98. The van der Waals surface area contributed by atoms with Gasteiger partial charge in [-0.15, -0.1) is 4.99 Å². The number of aromatic carboxylic acids is 1. The van der Waals surface area contributed by atoms with E-state index in [9.17, 15) is 9.59 Å². The Balaban J connectivity index is 3.02. The Kier molecular flexibility index (Phi) is 3.78. The minimum Gasteiger partial charge on any atom is -0.478 e. The van der Waals surface area contributed by atoms with Gasteiger partial charge in [-0.1, -0.05) is 12.1 Å². The highest BCUT2D eigenvalue weighted by molar-refractivity contribution is 6.10. The molecule has 17 heavy (non-hydrogen) atoms. The van der Waals surface area contributed by atoms with Crippen LogP contribution in [-0.4, -0.2) is 22.9 Å². The first-order chi connectivity index (χ1) is 8.06. The predicted octanol–water partition coefficient (Wildman–Crippen LogP) is -0.0896. The second-order valence-corrected chi connectivity index (χ2v) is 2.90. The van der Waals surface area contributed by atoms with E-state index in [1.165, 1.54) is 30.5 Å². The lowest BCUT2D eigenvalue weighted by Crippen LogP contribution is -2.37. The van der Waals surface area contributed by atoms with Crippen molar-refractivity contribution in [3.63, 3.8) is 0 Å². The number of carbonyl (C=O) groups excluding carboxylic acids is 1. The van der Waals surface area contributed by atoms with Gasteiger partial charge in [0.2, 0.25) is 12.2 Å². The number of carboxylic acids is 1. The summed E-state index contributed by atoms with van der Waals surface area (Å²) in [6, 6.07) is 5.62. The van der Waals surface area contributed by atoms with Crippen molar-refractivity contribution in [3.05, 3.63) is 35.4 Å². The lowest BCUT2D eigenvalue weighted by molar-refractivity contribution is 0.0691. The number of aliphatic imine (C=N–C) groups is 1. The fourth-order valence-corrected chi connectivity index (χ4v) is 1.13. The molecule has 0 heterocycles. The van der Waals surface area contributed by atoms with E-state index in [1.54, 1.807) is 0 Å². The Hall–Kier alpha value is -2.88. The number of carboxylic acid groups (broad SMARTS) is 1. The number of benzene rings is 1. The van der Waals surface area contributed by atoms with Gasteiger partial charge in [0.15, 0.2) is 0 Å². The normalized spacial score (nSPS) is 10.4. The van der Waals surface area contributed by atoms with Crippen molar-refractivity contribution in [3.8, 4) is 6.19 Å². The fourth-order valence-electron chi connectivity index (χ4n) is 1.13. The number of nitrogens with zero attached hydrogens (tertiary/aromatic N) is 2. The SMILES string of the molecule is N#CN=C(N)NC(=O)c1ccccc1C(=O)O. The number of nitriles is 1. The molecule has 1 aromatic rings. The summed E-state index contributed by atoms with van der Waals surface area (Å²) in [4.78, 5) is 25.5. The predicted molar refractivity (Wildman–Crippen MR) is 58.1 cm³/mol. The van der Waals surface area contributed by atoms with Gasteiger partial charge < -0.3 is 10.8 Å². The van der Waals surface area contributed by atoms with Gasteiger partial charge in [-0.2, -0.15) is 5.26 Å². The van der Waals surface area contributed by atoms with Gasteiger partial charge in [0.25, 0.3) is 5.91 Å². The number of carbonyl (C=O) groups is 2. The molecule has 7 heteroatoms. The number of nitrogens with one attached hydrogen (secondary N) is 1. The molecular formula is C10H8N4O3. The van der Waals surface area contributed by atoms with Crippen LogP contribution in [0.3, 0.4) is 0 Å². The Morgan fingerprint density at radius 1 is 1.35 bits per heavy atom. The van der Waals surface area contributed by atoms with Gasteiger partial charge in [-0.25, -0.2) is 4.79 Å². The van der Waals surface area contributed by atoms with Crippen LogP contribution in [0.4, 0.5) is 0 Å². The standard InChI is InChI=1S/C10H8N4O3/c11-5-13-10(12)14-8(15)6-3-1-2-4-7(6)9(16)17/h1-4H,(H,16,17)(H3,12,13,14,15). The maximum absolute atomic E-state index is 11.6. The van der Waals surface area contributed by atoms with Gasteiger partial charge in [0, 0.05) is 0 Å². The van der Waals surface area contributed by atoms with E-state index in [-0.39, 0.29) is 11.1 Å². The van der Waals surface area contributed by atoms with Gasteiger partial charge in [0.05, 0.1) is 11.1 Å². The van der Waals surface area contributed by atoms with Crippen LogP contribution in [0.1, 0.15) is 20.7 Å². The van der Waals surface area contributed by atoms with Crippen LogP contribution in [0.2, 0.25) is 0 Å². The Morgan fingerprint density at radius 3 is 2.47 bits per heavy atom. The highest BCUT2D eigenvalue weighted by Crippen LogP contribution is 2.08. The summed E-state index contributed by atoms with van der Waals surface area (Å²) >= 11 is 0. The van der Waals surface area contributed by atoms with Crippen molar-refractivity contribution < 1.29 is 14.7 Å². The van der Waals surface area contributed by atoms with Gasteiger partial charge in [-0.05, 0) is 12.1 Å². The summed E-state index contributed by atoms with van der Waals surface area (Å²) in [6.07, 6.45) is 1.39. The largest absolute Gasteiger partial charge is 0.478 e. The molecule has 86 valence electrons. The van der Waals surface area contributed by atoms with Gasteiger partial charge in [-0.3, -0.25) is 10.1 Å². The first kappa shape index (κ1) is 12.2. The molecule has 0 aliphatic heterocycles. The van der Waals surface area contributed by atoms with E-state index in [2.05, 4.69) is 10.3 Å². The number of hydrogen-bond donors (Lipinski definition) is 3. The number of nitrogens with two attached hydrogens (primary N) is 1. The number of rotatable bonds is 2. The van der Waals surface area contributed by atoms with Crippen LogP contribution in [0, 0.1) is 11.5 Å². The molecule has 0 unspecified atom stereocenters.